The molecule has 0 aliphatic carbocycles. The zero-order valence-corrected chi connectivity index (χ0v) is 32.1. The van der Waals surface area contributed by atoms with E-state index in [1.54, 1.807) is 22.2 Å². The van der Waals surface area contributed by atoms with Gasteiger partial charge in [-0.05, 0) is 68.2 Å². The maximum absolute atomic E-state index is 13.3. The summed E-state index contributed by atoms with van der Waals surface area (Å²) in [7, 11) is 2.53. The van der Waals surface area contributed by atoms with Crippen molar-refractivity contribution in [2.75, 3.05) is 53.6 Å². The number of piperidine rings is 2. The summed E-state index contributed by atoms with van der Waals surface area (Å²) in [4.78, 5) is 69.6. The number of alkyl carbamates (subject to hydrolysis) is 2. The number of benzene rings is 2. The van der Waals surface area contributed by atoms with Gasteiger partial charge in [0.05, 0.1) is 49.6 Å². The number of ether oxygens (including phenoxy) is 4. The summed E-state index contributed by atoms with van der Waals surface area (Å²) in [6.45, 7) is 5.71. The molecule has 3 aliphatic rings. The molecule has 16 heteroatoms. The van der Waals surface area contributed by atoms with E-state index in [-0.39, 0.29) is 30.9 Å². The Morgan fingerprint density at radius 1 is 0.821 bits per heavy atom. The van der Waals surface area contributed by atoms with Crippen molar-refractivity contribution >= 4 is 24.0 Å². The van der Waals surface area contributed by atoms with E-state index in [0.717, 1.165) is 59.3 Å². The lowest BCUT2D eigenvalue weighted by atomic mass is 9.87. The predicted molar refractivity (Wildman–Crippen MR) is 205 cm³/mol. The molecular weight excluding hydrogens is 720 g/mol. The Balaban J connectivity index is 1.10. The Bertz CT molecular complexity index is 2080. The number of hydrogen-bond donors (Lipinski definition) is 4. The molecule has 2 aromatic heterocycles. The smallest absolute Gasteiger partial charge is 0.407 e. The van der Waals surface area contributed by atoms with Crippen LogP contribution in [0.25, 0.3) is 33.6 Å². The highest BCUT2D eigenvalue weighted by molar-refractivity contribution is 5.85. The number of fused-ring (bicyclic) bond motifs is 1. The topological polar surface area (TPSA) is 193 Å². The Kier molecular flexibility index (Phi) is 11.2. The molecule has 0 radical (unpaired) electrons. The molecule has 4 N–H and O–H groups in total. The van der Waals surface area contributed by atoms with Gasteiger partial charge in [-0.2, -0.15) is 0 Å². The number of aromatic nitrogens is 4. The van der Waals surface area contributed by atoms with Gasteiger partial charge in [-0.1, -0.05) is 31.2 Å². The number of rotatable bonds is 9. The first kappa shape index (κ1) is 38.2. The third-order valence-corrected chi connectivity index (χ3v) is 11.0. The minimum Gasteiger partial charge on any atom is -0.485 e. The first-order valence-corrected chi connectivity index (χ1v) is 19.0. The summed E-state index contributed by atoms with van der Waals surface area (Å²) in [5.41, 5.74) is 4.39. The number of hydrogen-bond acceptors (Lipinski definition) is 10. The van der Waals surface area contributed by atoms with Gasteiger partial charge in [0.25, 0.3) is 0 Å². The second kappa shape index (κ2) is 16.4. The number of methoxy groups -OCH3 is 2. The fourth-order valence-corrected chi connectivity index (χ4v) is 7.91. The van der Waals surface area contributed by atoms with Gasteiger partial charge in [-0.15, -0.1) is 0 Å². The highest BCUT2D eigenvalue weighted by Gasteiger charge is 2.41. The SMILES string of the molecule is COC(=O)NCC(=O)N1C[C@@H](C)CCC1c1ncc(-c2ccc(-c3ccc(-c4cnc([C@@]5(C)CCCCN5C(=O)CNC(=O)OC)[nH]4)c4c3OCCO4)cc2)[nH]1. The summed E-state index contributed by atoms with van der Waals surface area (Å²) in [5.74, 6) is 2.53. The molecule has 1 unspecified atom stereocenters. The normalized spacial score (nSPS) is 20.6. The van der Waals surface area contributed by atoms with Crippen LogP contribution in [-0.4, -0.2) is 107 Å². The Morgan fingerprint density at radius 2 is 1.46 bits per heavy atom. The quantitative estimate of drug-likeness (QED) is 0.177. The monoisotopic (exact) mass is 768 g/mol. The van der Waals surface area contributed by atoms with E-state index in [4.69, 9.17) is 14.5 Å². The van der Waals surface area contributed by atoms with Crippen molar-refractivity contribution in [3.63, 3.8) is 0 Å². The molecule has 0 saturated carbocycles. The molecular formula is C40H48N8O8. The predicted octanol–water partition coefficient (Wildman–Crippen LogP) is 5.14. The average Bonchev–Trinajstić information content (AvgIpc) is 3.93. The summed E-state index contributed by atoms with van der Waals surface area (Å²) < 4.78 is 21.7. The first-order valence-electron chi connectivity index (χ1n) is 19.0. The standard InChI is InChI=1S/C40H48N8O8/c1-24-7-14-31(47(23-24)32(49)21-43-38(51)53-3)36-41-19-29(45-36)26-10-8-25(9-11-26)27-12-13-28(35-34(27)55-17-18-56-35)30-20-42-37(46-30)40(2)15-5-6-16-48(40)33(50)22-44-39(52)54-4/h8-13,19-20,24,31H,5-7,14-18,21-23H2,1-4H3,(H,41,45)(H,42,46)(H,43,51)(H,44,52)/t24-,31?,40+/m0/s1. The average molecular weight is 769 g/mol. The number of likely N-dealkylation sites (tertiary alicyclic amines) is 2. The van der Waals surface area contributed by atoms with Crippen LogP contribution in [0.2, 0.25) is 0 Å². The minimum absolute atomic E-state index is 0.146. The third kappa shape index (κ3) is 7.72. The van der Waals surface area contributed by atoms with Gasteiger partial charge >= 0.3 is 12.2 Å². The minimum atomic E-state index is -0.700. The lowest BCUT2D eigenvalue weighted by molar-refractivity contribution is -0.139. The molecule has 3 atom stereocenters. The fraction of sp³-hybridized carbons (Fsp3) is 0.450. The van der Waals surface area contributed by atoms with Crippen molar-refractivity contribution in [2.45, 2.75) is 57.5 Å². The van der Waals surface area contributed by atoms with E-state index in [2.05, 4.69) is 42.0 Å². The molecule has 4 amide bonds. The molecule has 2 fully saturated rings. The summed E-state index contributed by atoms with van der Waals surface area (Å²) in [5, 5.41) is 4.99. The van der Waals surface area contributed by atoms with E-state index >= 15 is 0 Å². The highest BCUT2D eigenvalue weighted by atomic mass is 16.6. The molecule has 4 aromatic rings. The van der Waals surface area contributed by atoms with Crippen LogP contribution in [0.5, 0.6) is 11.5 Å². The molecule has 5 heterocycles. The maximum Gasteiger partial charge on any atom is 0.407 e. The van der Waals surface area contributed by atoms with E-state index < -0.39 is 17.7 Å². The summed E-state index contributed by atoms with van der Waals surface area (Å²) in [6.07, 6.45) is 6.45. The van der Waals surface area contributed by atoms with E-state index in [1.165, 1.54) is 14.2 Å². The van der Waals surface area contributed by atoms with Crippen LogP contribution in [0.15, 0.2) is 48.8 Å². The van der Waals surface area contributed by atoms with Crippen molar-refractivity contribution < 1.29 is 38.1 Å². The number of H-pyrrole nitrogens is 2. The van der Waals surface area contributed by atoms with Gasteiger partial charge in [0, 0.05) is 24.2 Å². The van der Waals surface area contributed by atoms with Gasteiger partial charge in [0.2, 0.25) is 11.8 Å². The summed E-state index contributed by atoms with van der Waals surface area (Å²) >= 11 is 0. The van der Waals surface area contributed by atoms with Gasteiger partial charge in [-0.25, -0.2) is 19.6 Å². The summed E-state index contributed by atoms with van der Waals surface area (Å²) in [6, 6.07) is 11.8. The number of imidazole rings is 2. The molecule has 7 rings (SSSR count). The number of carbonyl (C=O) groups excluding carboxylic acids is 4. The lowest BCUT2D eigenvalue weighted by Gasteiger charge is -2.43. The zero-order chi connectivity index (χ0) is 39.4. The molecule has 3 aliphatic heterocycles. The second-order valence-electron chi connectivity index (χ2n) is 14.6. The largest absolute Gasteiger partial charge is 0.485 e. The van der Waals surface area contributed by atoms with Gasteiger partial charge < -0.3 is 49.3 Å². The van der Waals surface area contributed by atoms with Crippen LogP contribution < -0.4 is 20.1 Å². The van der Waals surface area contributed by atoms with Crippen molar-refractivity contribution in [3.05, 3.63) is 60.4 Å². The number of nitrogens with one attached hydrogen (secondary N) is 4. The molecule has 2 saturated heterocycles. The van der Waals surface area contributed by atoms with E-state index in [0.29, 0.717) is 61.8 Å². The van der Waals surface area contributed by atoms with Crippen LogP contribution in [0, 0.1) is 5.92 Å². The number of nitrogens with zero attached hydrogens (tertiary/aromatic N) is 4. The van der Waals surface area contributed by atoms with Gasteiger partial charge in [0.1, 0.15) is 38.0 Å². The van der Waals surface area contributed by atoms with Crippen molar-refractivity contribution in [1.82, 2.24) is 40.4 Å². The van der Waals surface area contributed by atoms with Crippen molar-refractivity contribution in [1.29, 1.82) is 0 Å². The van der Waals surface area contributed by atoms with Crippen LogP contribution in [0.1, 0.15) is 63.6 Å². The molecule has 0 spiro atoms. The maximum atomic E-state index is 13.3. The van der Waals surface area contributed by atoms with Crippen molar-refractivity contribution in [3.8, 4) is 45.1 Å². The Labute approximate surface area is 324 Å². The van der Waals surface area contributed by atoms with Crippen LogP contribution in [0.4, 0.5) is 9.59 Å². The fourth-order valence-electron chi connectivity index (χ4n) is 7.91. The van der Waals surface area contributed by atoms with E-state index in [1.807, 2.05) is 43.3 Å². The third-order valence-electron chi connectivity index (χ3n) is 11.0. The molecule has 16 nitrogen and oxygen atoms in total. The lowest BCUT2D eigenvalue weighted by Crippen LogP contribution is -2.53. The molecule has 56 heavy (non-hydrogen) atoms. The van der Waals surface area contributed by atoms with Crippen LogP contribution in [-0.2, 0) is 24.6 Å². The molecule has 2 aromatic carbocycles. The Hall–Kier alpha value is -6.06. The van der Waals surface area contributed by atoms with Crippen LogP contribution in [0.3, 0.4) is 0 Å². The van der Waals surface area contributed by atoms with E-state index in [9.17, 15) is 19.2 Å². The van der Waals surface area contributed by atoms with Gasteiger partial charge in [0.15, 0.2) is 11.5 Å². The Morgan fingerprint density at radius 3 is 2.18 bits per heavy atom. The van der Waals surface area contributed by atoms with Crippen LogP contribution >= 0.6 is 0 Å². The highest BCUT2D eigenvalue weighted by Crippen LogP contribution is 2.47. The number of aromatic amines is 2. The number of carbonyl (C=O) groups is 4. The zero-order valence-electron chi connectivity index (χ0n) is 32.1. The molecule has 0 bridgehead atoms. The van der Waals surface area contributed by atoms with Gasteiger partial charge in [-0.3, -0.25) is 9.59 Å². The number of amides is 4. The first-order chi connectivity index (χ1) is 27.1. The van der Waals surface area contributed by atoms with Crippen molar-refractivity contribution in [2.24, 2.45) is 5.92 Å². The molecule has 296 valence electrons. The second-order valence-corrected chi connectivity index (χ2v) is 14.6.